The topological polar surface area (TPSA) is 68.0 Å². The van der Waals surface area contributed by atoms with Gasteiger partial charge in [0.2, 0.25) is 0 Å². The summed E-state index contributed by atoms with van der Waals surface area (Å²) in [7, 11) is 0. The Kier molecular flexibility index (Phi) is 5.09. The molecule has 3 N–H and O–H groups in total. The quantitative estimate of drug-likeness (QED) is 0.854. The molecule has 108 valence electrons. The van der Waals surface area contributed by atoms with E-state index in [-0.39, 0.29) is 11.9 Å². The number of nitrogens with zero attached hydrogens (tertiary/aromatic N) is 1. The van der Waals surface area contributed by atoms with Crippen molar-refractivity contribution in [2.45, 2.75) is 19.9 Å². The third-order valence-electron chi connectivity index (χ3n) is 3.02. The number of aromatic nitrogens is 1. The van der Waals surface area contributed by atoms with E-state index in [4.69, 9.17) is 5.73 Å². The van der Waals surface area contributed by atoms with Crippen molar-refractivity contribution >= 4 is 17.2 Å². The Morgan fingerprint density at radius 2 is 2.33 bits per heavy atom. The van der Waals surface area contributed by atoms with Gasteiger partial charge in [-0.3, -0.25) is 4.79 Å². The molecular formula is C16H17N3OS. The lowest BCUT2D eigenvalue weighted by Gasteiger charge is -2.14. The Balaban J connectivity index is 2.11. The highest BCUT2D eigenvalue weighted by atomic mass is 32.1. The average molecular weight is 299 g/mol. The van der Waals surface area contributed by atoms with Crippen LogP contribution in [0.1, 0.15) is 39.5 Å². The minimum absolute atomic E-state index is 0.0963. The molecule has 0 radical (unpaired) electrons. The first kappa shape index (κ1) is 15.2. The summed E-state index contributed by atoms with van der Waals surface area (Å²) in [5.74, 6) is 5.72. The van der Waals surface area contributed by atoms with Gasteiger partial charge in [-0.05, 0) is 31.5 Å². The third kappa shape index (κ3) is 3.91. The molecule has 4 nitrogen and oxygen atoms in total. The van der Waals surface area contributed by atoms with Crippen LogP contribution >= 0.6 is 11.3 Å². The molecule has 0 fully saturated rings. The first-order valence-corrected chi connectivity index (χ1v) is 7.49. The van der Waals surface area contributed by atoms with E-state index in [0.717, 1.165) is 16.8 Å². The summed E-state index contributed by atoms with van der Waals surface area (Å²) >= 11 is 1.35. The molecule has 0 bridgehead atoms. The molecule has 5 heteroatoms. The number of nitrogens with two attached hydrogens (primary N) is 1. The van der Waals surface area contributed by atoms with Gasteiger partial charge in [0.15, 0.2) is 0 Å². The molecule has 21 heavy (non-hydrogen) atoms. The van der Waals surface area contributed by atoms with Crippen LogP contribution in [0.2, 0.25) is 0 Å². The smallest absolute Gasteiger partial charge is 0.263 e. The summed E-state index contributed by atoms with van der Waals surface area (Å²) < 4.78 is 0. The van der Waals surface area contributed by atoms with Gasteiger partial charge in [-0.1, -0.05) is 24.0 Å². The molecule has 0 aliphatic heterocycles. The van der Waals surface area contributed by atoms with Crippen LogP contribution in [0.25, 0.3) is 0 Å². The van der Waals surface area contributed by atoms with Crippen molar-refractivity contribution in [1.82, 2.24) is 10.3 Å². The van der Waals surface area contributed by atoms with Gasteiger partial charge < -0.3 is 11.1 Å². The fraction of sp³-hybridized carbons (Fsp3) is 0.250. The van der Waals surface area contributed by atoms with Crippen molar-refractivity contribution in [2.75, 3.05) is 6.54 Å². The number of hydrogen-bond acceptors (Lipinski definition) is 4. The number of hydrogen-bond donors (Lipinski definition) is 2. The molecule has 1 unspecified atom stereocenters. The Morgan fingerprint density at radius 1 is 1.52 bits per heavy atom. The molecule has 2 aromatic rings. The van der Waals surface area contributed by atoms with Gasteiger partial charge in [0, 0.05) is 5.56 Å². The van der Waals surface area contributed by atoms with Crippen molar-refractivity contribution < 1.29 is 4.79 Å². The zero-order valence-corrected chi connectivity index (χ0v) is 12.8. The maximum absolute atomic E-state index is 12.2. The molecule has 1 atom stereocenters. The van der Waals surface area contributed by atoms with Crippen molar-refractivity contribution in [1.29, 1.82) is 0 Å². The van der Waals surface area contributed by atoms with Gasteiger partial charge in [0.05, 0.1) is 23.8 Å². The number of carbonyl (C=O) groups excluding carboxylic acids is 1. The molecular weight excluding hydrogens is 282 g/mol. The number of thiazole rings is 1. The number of aryl methyl sites for hydroxylation is 1. The van der Waals surface area contributed by atoms with Crippen molar-refractivity contribution in [2.24, 2.45) is 5.73 Å². The minimum atomic E-state index is -0.0985. The number of nitrogens with one attached hydrogen (secondary N) is 1. The van der Waals surface area contributed by atoms with E-state index in [9.17, 15) is 4.79 Å². The highest BCUT2D eigenvalue weighted by Crippen LogP contribution is 2.17. The molecule has 1 heterocycles. The largest absolute Gasteiger partial charge is 0.345 e. The van der Waals surface area contributed by atoms with E-state index >= 15 is 0 Å². The molecule has 0 saturated heterocycles. The SMILES string of the molecule is Cc1ncsc1C(=O)NC(C)c1cccc(C#CCN)c1. The van der Waals surface area contributed by atoms with Crippen LogP contribution in [-0.4, -0.2) is 17.4 Å². The fourth-order valence-electron chi connectivity index (χ4n) is 1.90. The standard InChI is InChI=1S/C16H17N3OS/c1-11(19-16(20)15-12(2)18-10-21-15)14-7-3-5-13(9-14)6-4-8-17/h3,5,7,9-11H,8,17H2,1-2H3,(H,19,20). The predicted octanol–water partition coefficient (Wildman–Crippen LogP) is 2.25. The van der Waals surface area contributed by atoms with Crippen LogP contribution in [0.15, 0.2) is 29.8 Å². The summed E-state index contributed by atoms with van der Waals surface area (Å²) in [4.78, 5) is 16.9. The van der Waals surface area contributed by atoms with Gasteiger partial charge in [-0.2, -0.15) is 0 Å². The lowest BCUT2D eigenvalue weighted by Crippen LogP contribution is -2.26. The summed E-state index contributed by atoms with van der Waals surface area (Å²) in [5.41, 5.74) is 9.71. The highest BCUT2D eigenvalue weighted by molar-refractivity contribution is 7.11. The van der Waals surface area contributed by atoms with E-state index in [1.54, 1.807) is 5.51 Å². The van der Waals surface area contributed by atoms with Crippen LogP contribution in [0.3, 0.4) is 0 Å². The lowest BCUT2D eigenvalue weighted by atomic mass is 10.1. The molecule has 0 aliphatic carbocycles. The van der Waals surface area contributed by atoms with E-state index in [0.29, 0.717) is 11.4 Å². The molecule has 1 aromatic heterocycles. The Morgan fingerprint density at radius 3 is 3.00 bits per heavy atom. The number of benzene rings is 1. The zero-order chi connectivity index (χ0) is 15.2. The number of amides is 1. The molecule has 0 aliphatic rings. The summed E-state index contributed by atoms with van der Waals surface area (Å²) in [5, 5.41) is 2.98. The van der Waals surface area contributed by atoms with Gasteiger partial charge in [0.1, 0.15) is 4.88 Å². The molecule has 0 saturated carbocycles. The van der Waals surface area contributed by atoms with Gasteiger partial charge in [0.25, 0.3) is 5.91 Å². The van der Waals surface area contributed by atoms with Crippen LogP contribution in [0.4, 0.5) is 0 Å². The normalized spacial score (nSPS) is 11.4. The number of carbonyl (C=O) groups is 1. The van der Waals surface area contributed by atoms with Crippen molar-refractivity contribution in [3.8, 4) is 11.8 Å². The van der Waals surface area contributed by atoms with Gasteiger partial charge >= 0.3 is 0 Å². The second-order valence-electron chi connectivity index (χ2n) is 4.59. The van der Waals surface area contributed by atoms with Crippen molar-refractivity contribution in [3.05, 3.63) is 51.5 Å². The Hall–Kier alpha value is -2.16. The first-order chi connectivity index (χ1) is 10.1. The van der Waals surface area contributed by atoms with Crippen molar-refractivity contribution in [3.63, 3.8) is 0 Å². The van der Waals surface area contributed by atoms with Gasteiger partial charge in [-0.25, -0.2) is 4.98 Å². The van der Waals surface area contributed by atoms with Gasteiger partial charge in [-0.15, -0.1) is 11.3 Å². The maximum atomic E-state index is 12.2. The van der Waals surface area contributed by atoms with Crippen LogP contribution in [-0.2, 0) is 0 Å². The average Bonchev–Trinajstić information content (AvgIpc) is 2.91. The van der Waals surface area contributed by atoms with E-state index < -0.39 is 0 Å². The van der Waals surface area contributed by atoms with Crippen LogP contribution < -0.4 is 11.1 Å². The second-order valence-corrected chi connectivity index (χ2v) is 5.45. The molecule has 1 aromatic carbocycles. The molecule has 2 rings (SSSR count). The predicted molar refractivity (Wildman–Crippen MR) is 85.1 cm³/mol. The summed E-state index contributed by atoms with van der Waals surface area (Å²) in [6.45, 7) is 4.12. The monoisotopic (exact) mass is 299 g/mol. The minimum Gasteiger partial charge on any atom is -0.345 e. The van der Waals surface area contributed by atoms with E-state index in [1.165, 1.54) is 11.3 Å². The Bertz CT molecular complexity index is 697. The van der Waals surface area contributed by atoms with E-state index in [1.807, 2.05) is 38.1 Å². The zero-order valence-electron chi connectivity index (χ0n) is 12.0. The maximum Gasteiger partial charge on any atom is 0.263 e. The first-order valence-electron chi connectivity index (χ1n) is 6.61. The fourth-order valence-corrected chi connectivity index (χ4v) is 2.61. The third-order valence-corrected chi connectivity index (χ3v) is 3.95. The van der Waals surface area contributed by atoms with E-state index in [2.05, 4.69) is 22.1 Å². The Labute approximate surface area is 128 Å². The highest BCUT2D eigenvalue weighted by Gasteiger charge is 2.15. The van der Waals surface area contributed by atoms with Crippen LogP contribution in [0.5, 0.6) is 0 Å². The second kappa shape index (κ2) is 7.02. The summed E-state index contributed by atoms with van der Waals surface area (Å²) in [6.07, 6.45) is 0. The molecule has 0 spiro atoms. The lowest BCUT2D eigenvalue weighted by molar-refractivity contribution is 0.0943. The number of rotatable bonds is 3. The molecule has 1 amide bonds. The van der Waals surface area contributed by atoms with Crippen LogP contribution in [0, 0.1) is 18.8 Å². The summed E-state index contributed by atoms with van der Waals surface area (Å²) in [6, 6.07) is 7.69.